The van der Waals surface area contributed by atoms with Crippen molar-refractivity contribution in [3.8, 4) is 0 Å². The fraction of sp³-hybridized carbons (Fsp3) is 0.684. The Morgan fingerprint density at radius 3 is 2.58 bits per heavy atom. The summed E-state index contributed by atoms with van der Waals surface area (Å²) in [6.07, 6.45) is 1.93. The van der Waals surface area contributed by atoms with Gasteiger partial charge in [-0.2, -0.15) is 0 Å². The number of pyridine rings is 1. The number of rotatable bonds is 8. The fourth-order valence-electron chi connectivity index (χ4n) is 3.64. The van der Waals surface area contributed by atoms with Crippen LogP contribution in [0.2, 0.25) is 0 Å². The molecule has 1 aliphatic heterocycles. The Kier molecular flexibility index (Phi) is 6.55. The highest BCUT2D eigenvalue weighted by Gasteiger charge is 2.41. The molecule has 7 heteroatoms. The number of ether oxygens (including phenoxy) is 1. The number of aromatic nitrogens is 1. The molecule has 0 radical (unpaired) electrons. The summed E-state index contributed by atoms with van der Waals surface area (Å²) < 4.78 is 33.4. The molecule has 1 atom stereocenters. The van der Waals surface area contributed by atoms with E-state index < -0.39 is 29.1 Å². The van der Waals surface area contributed by atoms with Crippen molar-refractivity contribution in [1.29, 1.82) is 0 Å². The molecule has 0 bridgehead atoms. The molecule has 0 spiro atoms. The lowest BCUT2D eigenvalue weighted by atomic mass is 9.85. The third kappa shape index (κ3) is 4.14. The molecule has 0 amide bonds. The minimum absolute atomic E-state index is 0.107. The summed E-state index contributed by atoms with van der Waals surface area (Å²) in [6.45, 7) is 7.02. The normalized spacial score (nSPS) is 17.8. The first-order chi connectivity index (χ1) is 12.2. The Morgan fingerprint density at radius 2 is 2.08 bits per heavy atom. The maximum atomic E-state index is 14.3. The molecule has 0 aromatic carbocycles. The van der Waals surface area contributed by atoms with Crippen molar-refractivity contribution in [1.82, 2.24) is 9.47 Å². The molecule has 2 heterocycles. The lowest BCUT2D eigenvalue weighted by molar-refractivity contribution is -0.153. The van der Waals surface area contributed by atoms with Gasteiger partial charge >= 0.3 is 5.97 Å². The summed E-state index contributed by atoms with van der Waals surface area (Å²) >= 11 is 0. The van der Waals surface area contributed by atoms with Gasteiger partial charge in [-0.05, 0) is 36.8 Å². The van der Waals surface area contributed by atoms with E-state index in [9.17, 15) is 18.4 Å². The quantitative estimate of drug-likeness (QED) is 0.660. The van der Waals surface area contributed by atoms with Gasteiger partial charge in [-0.15, -0.1) is 0 Å². The highest BCUT2D eigenvalue weighted by Crippen LogP contribution is 2.30. The van der Waals surface area contributed by atoms with E-state index in [2.05, 4.69) is 0 Å². The minimum Gasteiger partial charge on any atom is -0.467 e. The number of hydrogen-bond donors (Lipinski definition) is 0. The first kappa shape index (κ1) is 20.6. The van der Waals surface area contributed by atoms with Gasteiger partial charge in [0.1, 0.15) is 11.7 Å². The molecule has 1 aliphatic rings. The van der Waals surface area contributed by atoms with Gasteiger partial charge in [0, 0.05) is 25.8 Å². The zero-order chi connectivity index (χ0) is 19.5. The van der Waals surface area contributed by atoms with E-state index in [1.807, 2.05) is 18.7 Å². The van der Waals surface area contributed by atoms with Crippen LogP contribution >= 0.6 is 0 Å². The standard InChI is InChI=1S/C19H28F2N2O3/c1-5-19(9-13(2)3,18(25)26-4)23-10-14(8-16(21)17(23)24)6-7-22-11-15(20)12-22/h8,10,13,15H,5-7,9,11-12H2,1-4H3. The van der Waals surface area contributed by atoms with E-state index in [1.54, 1.807) is 13.1 Å². The maximum Gasteiger partial charge on any atom is 0.332 e. The Balaban J connectivity index is 2.40. The number of methoxy groups -OCH3 is 1. The third-order valence-corrected chi connectivity index (χ3v) is 5.02. The van der Waals surface area contributed by atoms with Crippen LogP contribution < -0.4 is 5.56 Å². The van der Waals surface area contributed by atoms with Crippen LogP contribution in [0.3, 0.4) is 0 Å². The predicted molar refractivity (Wildman–Crippen MR) is 95.4 cm³/mol. The number of halogens is 2. The van der Waals surface area contributed by atoms with E-state index in [4.69, 9.17) is 4.74 Å². The minimum atomic E-state index is -1.24. The summed E-state index contributed by atoms with van der Waals surface area (Å²) in [4.78, 5) is 27.0. The zero-order valence-electron chi connectivity index (χ0n) is 15.9. The topological polar surface area (TPSA) is 51.5 Å². The first-order valence-corrected chi connectivity index (χ1v) is 9.10. The third-order valence-electron chi connectivity index (χ3n) is 5.02. The molecular weight excluding hydrogens is 342 g/mol. The van der Waals surface area contributed by atoms with Crippen LogP contribution in [0, 0.1) is 11.7 Å². The van der Waals surface area contributed by atoms with Crippen LogP contribution in [-0.2, 0) is 21.5 Å². The smallest absolute Gasteiger partial charge is 0.332 e. The maximum absolute atomic E-state index is 14.3. The van der Waals surface area contributed by atoms with E-state index in [0.29, 0.717) is 44.5 Å². The summed E-state index contributed by atoms with van der Waals surface area (Å²) in [5.74, 6) is -1.33. The molecule has 1 fully saturated rings. The van der Waals surface area contributed by atoms with Crippen molar-refractivity contribution in [3.63, 3.8) is 0 Å². The van der Waals surface area contributed by atoms with Gasteiger partial charge in [0.05, 0.1) is 7.11 Å². The summed E-state index contributed by atoms with van der Waals surface area (Å²) in [5, 5.41) is 0. The second-order valence-corrected chi connectivity index (χ2v) is 7.45. The van der Waals surface area contributed by atoms with Gasteiger partial charge in [0.15, 0.2) is 5.82 Å². The molecule has 2 rings (SSSR count). The predicted octanol–water partition coefficient (Wildman–Crippen LogP) is 2.51. The molecule has 0 N–H and O–H groups in total. The molecule has 0 saturated carbocycles. The number of carbonyl (C=O) groups excluding carboxylic acids is 1. The van der Waals surface area contributed by atoms with Gasteiger partial charge in [0.25, 0.3) is 5.56 Å². The second kappa shape index (κ2) is 8.29. The molecule has 1 saturated heterocycles. The van der Waals surface area contributed by atoms with E-state index in [0.717, 1.165) is 0 Å². The number of alkyl halides is 1. The first-order valence-electron chi connectivity index (χ1n) is 9.10. The highest BCUT2D eigenvalue weighted by molar-refractivity contribution is 5.78. The van der Waals surface area contributed by atoms with Crippen molar-refractivity contribution >= 4 is 5.97 Å². The van der Waals surface area contributed by atoms with Crippen LogP contribution in [-0.4, -0.2) is 48.4 Å². The van der Waals surface area contributed by atoms with Crippen molar-refractivity contribution in [2.24, 2.45) is 5.92 Å². The molecule has 1 unspecified atom stereocenters. The van der Waals surface area contributed by atoms with Crippen molar-refractivity contribution < 1.29 is 18.3 Å². The van der Waals surface area contributed by atoms with E-state index >= 15 is 0 Å². The highest BCUT2D eigenvalue weighted by atomic mass is 19.1. The Labute approximate surface area is 152 Å². The zero-order valence-corrected chi connectivity index (χ0v) is 15.9. The van der Waals surface area contributed by atoms with Crippen LogP contribution in [0.5, 0.6) is 0 Å². The number of esters is 1. The van der Waals surface area contributed by atoms with E-state index in [-0.39, 0.29) is 5.92 Å². The fourth-order valence-corrected chi connectivity index (χ4v) is 3.64. The second-order valence-electron chi connectivity index (χ2n) is 7.45. The SMILES string of the molecule is CCC(CC(C)C)(C(=O)OC)n1cc(CCN2CC(F)C2)cc(F)c1=O. The average molecular weight is 370 g/mol. The number of likely N-dealkylation sites (tertiary alicyclic amines) is 1. The van der Waals surface area contributed by atoms with Crippen molar-refractivity contribution in [2.45, 2.75) is 51.7 Å². The molecule has 26 heavy (non-hydrogen) atoms. The monoisotopic (exact) mass is 370 g/mol. The average Bonchev–Trinajstić information content (AvgIpc) is 2.57. The number of hydrogen-bond acceptors (Lipinski definition) is 4. The Hall–Kier alpha value is -1.76. The van der Waals surface area contributed by atoms with Crippen molar-refractivity contribution in [2.75, 3.05) is 26.7 Å². The molecule has 146 valence electrons. The largest absolute Gasteiger partial charge is 0.467 e. The molecule has 5 nitrogen and oxygen atoms in total. The van der Waals surface area contributed by atoms with Gasteiger partial charge < -0.3 is 4.74 Å². The van der Waals surface area contributed by atoms with Gasteiger partial charge in [-0.3, -0.25) is 14.3 Å². The van der Waals surface area contributed by atoms with Gasteiger partial charge in [-0.1, -0.05) is 20.8 Å². The molecular formula is C19H28F2N2O3. The van der Waals surface area contributed by atoms with Crippen molar-refractivity contribution in [3.05, 3.63) is 34.0 Å². The van der Waals surface area contributed by atoms with Gasteiger partial charge in [-0.25, -0.2) is 13.6 Å². The molecule has 1 aromatic heterocycles. The van der Waals surface area contributed by atoms with Crippen LogP contribution in [0.25, 0.3) is 0 Å². The number of nitrogens with zero attached hydrogens (tertiary/aromatic N) is 2. The lowest BCUT2D eigenvalue weighted by Gasteiger charge is -2.35. The van der Waals surface area contributed by atoms with Crippen LogP contribution in [0.1, 0.15) is 39.2 Å². The van der Waals surface area contributed by atoms with Crippen LogP contribution in [0.4, 0.5) is 8.78 Å². The number of carbonyl (C=O) groups is 1. The summed E-state index contributed by atoms with van der Waals surface area (Å²) in [7, 11) is 1.27. The Bertz CT molecular complexity index is 699. The van der Waals surface area contributed by atoms with E-state index in [1.165, 1.54) is 17.7 Å². The van der Waals surface area contributed by atoms with Gasteiger partial charge in [0.2, 0.25) is 0 Å². The molecule has 0 aliphatic carbocycles. The molecule has 1 aromatic rings. The summed E-state index contributed by atoms with van der Waals surface area (Å²) in [5.41, 5.74) is -1.46. The Morgan fingerprint density at radius 1 is 1.42 bits per heavy atom. The van der Waals surface area contributed by atoms with Crippen LogP contribution in [0.15, 0.2) is 17.1 Å². The summed E-state index contributed by atoms with van der Waals surface area (Å²) in [6, 6.07) is 1.21. The lowest BCUT2D eigenvalue weighted by Crippen LogP contribution is -2.50.